The molecule has 0 saturated carbocycles. The van der Waals surface area contributed by atoms with Gasteiger partial charge in [-0.25, -0.2) is 0 Å². The van der Waals surface area contributed by atoms with Crippen LogP contribution in [0.5, 0.6) is 0 Å². The summed E-state index contributed by atoms with van der Waals surface area (Å²) in [7, 11) is 0. The summed E-state index contributed by atoms with van der Waals surface area (Å²) in [6, 6.07) is 0. The predicted molar refractivity (Wildman–Crippen MR) is 60.0 cm³/mol. The molecule has 0 aliphatic rings. The molecule has 0 heterocycles. The predicted octanol–water partition coefficient (Wildman–Crippen LogP) is 1.48. The summed E-state index contributed by atoms with van der Waals surface area (Å²) in [6.07, 6.45) is -4.68. The van der Waals surface area contributed by atoms with Crippen LogP contribution in [-0.2, 0) is 9.53 Å². The highest BCUT2D eigenvalue weighted by Gasteiger charge is 2.27. The molecule has 0 aromatic carbocycles. The fraction of sp³-hybridized carbons (Fsp3) is 0.909. The Balaban J connectivity index is 3.71. The second-order valence-corrected chi connectivity index (χ2v) is 5.33. The standard InChI is InChI=1S/C11H20F3NO3/c1-10(2,3)4-8(16)5-15-9(17)6-18-7-11(12,13)14/h8,16H,4-7H2,1-3H3,(H,15,17). The summed E-state index contributed by atoms with van der Waals surface area (Å²) in [5.74, 6) is -0.674. The van der Waals surface area contributed by atoms with E-state index >= 15 is 0 Å². The molecule has 0 aliphatic carbocycles. The van der Waals surface area contributed by atoms with Crippen LogP contribution in [0.3, 0.4) is 0 Å². The molecule has 7 heteroatoms. The molecule has 0 saturated heterocycles. The Morgan fingerprint density at radius 1 is 1.33 bits per heavy atom. The molecule has 18 heavy (non-hydrogen) atoms. The van der Waals surface area contributed by atoms with Gasteiger partial charge in [0.05, 0.1) is 6.10 Å². The molecule has 0 aromatic heterocycles. The fourth-order valence-electron chi connectivity index (χ4n) is 1.32. The number of alkyl halides is 3. The summed E-state index contributed by atoms with van der Waals surface area (Å²) < 4.78 is 39.3. The maximum Gasteiger partial charge on any atom is 0.411 e. The molecule has 2 N–H and O–H groups in total. The number of amides is 1. The van der Waals surface area contributed by atoms with E-state index in [-0.39, 0.29) is 12.0 Å². The molecule has 4 nitrogen and oxygen atoms in total. The monoisotopic (exact) mass is 271 g/mol. The lowest BCUT2D eigenvalue weighted by molar-refractivity contribution is -0.175. The average Bonchev–Trinajstić information content (AvgIpc) is 2.09. The van der Waals surface area contributed by atoms with Crippen LogP contribution >= 0.6 is 0 Å². The number of hydrogen-bond acceptors (Lipinski definition) is 3. The maximum absolute atomic E-state index is 11.7. The summed E-state index contributed by atoms with van der Waals surface area (Å²) in [6.45, 7) is 3.69. The van der Waals surface area contributed by atoms with Crippen LogP contribution in [0, 0.1) is 5.41 Å². The van der Waals surface area contributed by atoms with Crippen LogP contribution in [0.4, 0.5) is 13.2 Å². The molecule has 0 aromatic rings. The van der Waals surface area contributed by atoms with E-state index in [1.54, 1.807) is 0 Å². The molecule has 1 unspecified atom stereocenters. The average molecular weight is 271 g/mol. The molecule has 0 fully saturated rings. The van der Waals surface area contributed by atoms with Crippen LogP contribution in [0.1, 0.15) is 27.2 Å². The van der Waals surface area contributed by atoms with Crippen molar-refractivity contribution in [2.24, 2.45) is 5.41 Å². The van der Waals surface area contributed by atoms with Gasteiger partial charge in [0, 0.05) is 6.54 Å². The highest BCUT2D eigenvalue weighted by Crippen LogP contribution is 2.20. The van der Waals surface area contributed by atoms with E-state index in [9.17, 15) is 23.1 Å². The van der Waals surface area contributed by atoms with Gasteiger partial charge >= 0.3 is 6.18 Å². The molecule has 0 aliphatic heterocycles. The van der Waals surface area contributed by atoms with Gasteiger partial charge in [0.25, 0.3) is 0 Å². The number of aliphatic hydroxyl groups excluding tert-OH is 1. The van der Waals surface area contributed by atoms with Gasteiger partial charge in [-0.05, 0) is 11.8 Å². The van der Waals surface area contributed by atoms with Crippen molar-refractivity contribution in [2.75, 3.05) is 19.8 Å². The third-order valence-corrected chi connectivity index (χ3v) is 1.88. The van der Waals surface area contributed by atoms with Crippen LogP contribution in [0.25, 0.3) is 0 Å². The Hall–Kier alpha value is -0.820. The first-order chi connectivity index (χ1) is 7.99. The second-order valence-electron chi connectivity index (χ2n) is 5.33. The van der Waals surface area contributed by atoms with E-state index < -0.39 is 31.4 Å². The molecule has 1 amide bonds. The van der Waals surface area contributed by atoms with Crippen molar-refractivity contribution in [3.05, 3.63) is 0 Å². The van der Waals surface area contributed by atoms with Crippen molar-refractivity contribution in [3.63, 3.8) is 0 Å². The maximum atomic E-state index is 11.7. The van der Waals surface area contributed by atoms with Gasteiger partial charge in [0.2, 0.25) is 5.91 Å². The van der Waals surface area contributed by atoms with E-state index in [4.69, 9.17) is 0 Å². The zero-order chi connectivity index (χ0) is 14.4. The van der Waals surface area contributed by atoms with Crippen molar-refractivity contribution >= 4 is 5.91 Å². The minimum atomic E-state index is -4.44. The molecule has 0 spiro atoms. The third-order valence-electron chi connectivity index (χ3n) is 1.88. The van der Waals surface area contributed by atoms with E-state index in [1.165, 1.54) is 0 Å². The highest BCUT2D eigenvalue weighted by molar-refractivity contribution is 5.77. The largest absolute Gasteiger partial charge is 0.411 e. The first kappa shape index (κ1) is 17.2. The van der Waals surface area contributed by atoms with E-state index in [0.29, 0.717) is 6.42 Å². The third kappa shape index (κ3) is 11.7. The van der Waals surface area contributed by atoms with Crippen molar-refractivity contribution < 1.29 is 27.8 Å². The molecule has 0 bridgehead atoms. The summed E-state index contributed by atoms with van der Waals surface area (Å²) in [5.41, 5.74) is -0.0864. The quantitative estimate of drug-likeness (QED) is 0.769. The second kappa shape index (κ2) is 6.94. The van der Waals surface area contributed by atoms with Gasteiger partial charge in [0.15, 0.2) is 0 Å². The number of ether oxygens (including phenoxy) is 1. The van der Waals surface area contributed by atoms with Gasteiger partial charge in [-0.1, -0.05) is 20.8 Å². The first-order valence-corrected chi connectivity index (χ1v) is 5.59. The van der Waals surface area contributed by atoms with E-state index in [1.807, 2.05) is 20.8 Å². The van der Waals surface area contributed by atoms with Crippen LogP contribution < -0.4 is 5.32 Å². The summed E-state index contributed by atoms with van der Waals surface area (Å²) in [5, 5.41) is 11.9. The molecule has 0 rings (SSSR count). The smallest absolute Gasteiger partial charge is 0.391 e. The van der Waals surface area contributed by atoms with Crippen molar-refractivity contribution in [3.8, 4) is 0 Å². The molecular formula is C11H20F3NO3. The Bertz CT molecular complexity index is 261. The Morgan fingerprint density at radius 3 is 2.33 bits per heavy atom. The number of rotatable bonds is 6. The zero-order valence-corrected chi connectivity index (χ0v) is 10.8. The van der Waals surface area contributed by atoms with Crippen LogP contribution in [0.15, 0.2) is 0 Å². The number of carbonyl (C=O) groups excluding carboxylic acids is 1. The highest BCUT2D eigenvalue weighted by atomic mass is 19.4. The van der Waals surface area contributed by atoms with Gasteiger partial charge in [-0.3, -0.25) is 4.79 Å². The lowest BCUT2D eigenvalue weighted by Gasteiger charge is -2.22. The topological polar surface area (TPSA) is 58.6 Å². The lowest BCUT2D eigenvalue weighted by atomic mass is 9.89. The fourth-order valence-corrected chi connectivity index (χ4v) is 1.32. The van der Waals surface area contributed by atoms with Crippen molar-refractivity contribution in [1.29, 1.82) is 0 Å². The lowest BCUT2D eigenvalue weighted by Crippen LogP contribution is -2.36. The van der Waals surface area contributed by atoms with Gasteiger partial charge in [0.1, 0.15) is 13.2 Å². The van der Waals surface area contributed by atoms with Crippen molar-refractivity contribution in [1.82, 2.24) is 5.32 Å². The minimum absolute atomic E-state index is 0.00544. The number of aliphatic hydroxyl groups is 1. The molecule has 0 radical (unpaired) electrons. The minimum Gasteiger partial charge on any atom is -0.391 e. The zero-order valence-electron chi connectivity index (χ0n) is 10.8. The van der Waals surface area contributed by atoms with Gasteiger partial charge in [-0.2, -0.15) is 13.2 Å². The molecular weight excluding hydrogens is 251 g/mol. The van der Waals surface area contributed by atoms with Crippen LogP contribution in [-0.4, -0.2) is 43.1 Å². The Kier molecular flexibility index (Phi) is 6.62. The molecule has 108 valence electrons. The first-order valence-electron chi connectivity index (χ1n) is 5.59. The van der Waals surface area contributed by atoms with Crippen LogP contribution in [0.2, 0.25) is 0 Å². The Labute approximate surface area is 105 Å². The Morgan fingerprint density at radius 2 is 1.89 bits per heavy atom. The number of hydrogen-bond donors (Lipinski definition) is 2. The summed E-state index contributed by atoms with van der Waals surface area (Å²) in [4.78, 5) is 11.1. The van der Waals surface area contributed by atoms with Crippen molar-refractivity contribution in [2.45, 2.75) is 39.5 Å². The summed E-state index contributed by atoms with van der Waals surface area (Å²) >= 11 is 0. The number of carbonyl (C=O) groups is 1. The van der Waals surface area contributed by atoms with E-state index in [0.717, 1.165) is 0 Å². The molecule has 1 atom stereocenters. The number of halogens is 3. The SMILES string of the molecule is CC(C)(C)CC(O)CNC(=O)COCC(F)(F)F. The van der Waals surface area contributed by atoms with E-state index in [2.05, 4.69) is 10.1 Å². The van der Waals surface area contributed by atoms with Gasteiger partial charge in [-0.15, -0.1) is 0 Å². The van der Waals surface area contributed by atoms with Gasteiger partial charge < -0.3 is 15.2 Å². The number of nitrogens with one attached hydrogen (secondary N) is 1. The normalized spacial score (nSPS) is 14.4.